The molecular formula is C28H42ClF3N2O3. The molecule has 1 saturated carbocycles. The van der Waals surface area contributed by atoms with Crippen molar-refractivity contribution in [3.63, 3.8) is 0 Å². The van der Waals surface area contributed by atoms with Crippen LogP contribution in [0.2, 0.25) is 5.02 Å². The number of ether oxygens (including phenoxy) is 1. The Hall–Kier alpha value is -1.35. The smallest absolute Gasteiger partial charge is 0.248 e. The van der Waals surface area contributed by atoms with Gasteiger partial charge < -0.3 is 20.5 Å². The van der Waals surface area contributed by atoms with E-state index in [0.29, 0.717) is 71.1 Å². The van der Waals surface area contributed by atoms with Crippen molar-refractivity contribution in [2.45, 2.75) is 94.6 Å². The Kier molecular flexibility index (Phi) is 11.1. The summed E-state index contributed by atoms with van der Waals surface area (Å²) < 4.78 is 47.0. The van der Waals surface area contributed by atoms with E-state index in [0.717, 1.165) is 6.42 Å². The van der Waals surface area contributed by atoms with Gasteiger partial charge in [0, 0.05) is 63.6 Å². The number of rotatable bonds is 12. The van der Waals surface area contributed by atoms with Crippen LogP contribution in [0.5, 0.6) is 0 Å². The van der Waals surface area contributed by atoms with E-state index in [1.54, 1.807) is 24.1 Å². The number of alkyl halides is 2. The maximum absolute atomic E-state index is 15.1. The van der Waals surface area contributed by atoms with Crippen LogP contribution in [-0.4, -0.2) is 54.7 Å². The van der Waals surface area contributed by atoms with Crippen molar-refractivity contribution in [2.24, 2.45) is 17.6 Å². The maximum atomic E-state index is 15.1. The number of nitrogens with two attached hydrogens (primary N) is 1. The lowest BCUT2D eigenvalue weighted by atomic mass is 9.74. The lowest BCUT2D eigenvalue weighted by molar-refractivity contribution is -0.137. The fourth-order valence-corrected chi connectivity index (χ4v) is 6.15. The molecule has 0 spiro atoms. The van der Waals surface area contributed by atoms with Crippen LogP contribution >= 0.6 is 11.6 Å². The normalized spacial score (nSPS) is 23.0. The molecule has 2 fully saturated rings. The Bertz CT molecular complexity index is 880. The van der Waals surface area contributed by atoms with Crippen molar-refractivity contribution in [1.82, 2.24) is 4.90 Å². The number of carbonyl (C=O) groups excluding carboxylic acids is 1. The zero-order valence-electron chi connectivity index (χ0n) is 21.9. The molecule has 210 valence electrons. The molecule has 1 aliphatic carbocycles. The van der Waals surface area contributed by atoms with Crippen LogP contribution in [0.4, 0.5) is 13.2 Å². The lowest BCUT2D eigenvalue weighted by Crippen LogP contribution is -2.48. The summed E-state index contributed by atoms with van der Waals surface area (Å²) in [4.78, 5) is 14.8. The molecule has 1 aromatic carbocycles. The number of hydrogen-bond acceptors (Lipinski definition) is 4. The molecule has 3 N–H and O–H groups in total. The van der Waals surface area contributed by atoms with Gasteiger partial charge in [0.25, 0.3) is 0 Å². The summed E-state index contributed by atoms with van der Waals surface area (Å²) in [5, 5.41) is 11.9. The minimum atomic E-state index is -2.55. The van der Waals surface area contributed by atoms with Gasteiger partial charge in [0.2, 0.25) is 11.8 Å². The average Bonchev–Trinajstić information content (AvgIpc) is 2.88. The van der Waals surface area contributed by atoms with E-state index in [4.69, 9.17) is 22.1 Å². The Morgan fingerprint density at radius 1 is 1.30 bits per heavy atom. The summed E-state index contributed by atoms with van der Waals surface area (Å²) in [5.41, 5.74) is 4.99. The first-order valence-corrected chi connectivity index (χ1v) is 14.0. The number of benzene rings is 1. The molecular weight excluding hydrogens is 505 g/mol. The van der Waals surface area contributed by atoms with E-state index in [2.05, 4.69) is 0 Å². The van der Waals surface area contributed by atoms with Gasteiger partial charge in [-0.15, -0.1) is 0 Å². The van der Waals surface area contributed by atoms with E-state index in [-0.39, 0.29) is 53.6 Å². The molecule has 0 aromatic heterocycles. The predicted molar refractivity (Wildman–Crippen MR) is 139 cm³/mol. The second-order valence-electron chi connectivity index (χ2n) is 11.0. The minimum Gasteiger partial charge on any atom is -0.385 e. The number of piperidine rings is 1. The van der Waals surface area contributed by atoms with Crippen molar-refractivity contribution in [1.29, 1.82) is 0 Å². The molecule has 9 heteroatoms. The summed E-state index contributed by atoms with van der Waals surface area (Å²) in [5.74, 6) is -3.36. The Morgan fingerprint density at radius 3 is 2.73 bits per heavy atom. The minimum absolute atomic E-state index is 0.0350. The first-order chi connectivity index (χ1) is 17.6. The Balaban J connectivity index is 1.60. The van der Waals surface area contributed by atoms with Gasteiger partial charge in [-0.3, -0.25) is 4.79 Å². The predicted octanol–water partition coefficient (Wildman–Crippen LogP) is 6.05. The van der Waals surface area contributed by atoms with Crippen LogP contribution in [-0.2, 0) is 15.1 Å². The number of unbranched alkanes of at least 4 members (excludes halogenated alkanes) is 1. The lowest BCUT2D eigenvalue weighted by Gasteiger charge is -2.43. The number of nitrogens with zero attached hydrogens (tertiary/aromatic N) is 1. The zero-order valence-corrected chi connectivity index (χ0v) is 22.6. The quantitative estimate of drug-likeness (QED) is 0.313. The number of aliphatic hydroxyl groups is 1. The number of likely N-dealkylation sites (tertiary alicyclic amines) is 1. The fraction of sp³-hybridized carbons (Fsp3) is 0.750. The van der Waals surface area contributed by atoms with E-state index in [1.807, 2.05) is 0 Å². The Labute approximate surface area is 223 Å². The first-order valence-electron chi connectivity index (χ1n) is 13.6. The summed E-state index contributed by atoms with van der Waals surface area (Å²) in [7, 11) is 1.62. The first kappa shape index (κ1) is 30.2. The molecule has 3 rings (SSSR count). The topological polar surface area (TPSA) is 75.8 Å². The standard InChI is InChI=1S/C28H42ClF3N2O3/c1-37-17-3-2-13-28(36,23-7-4-8-24(29)26(23)30)21-6-5-16-34(19-21)25(35)10-9-22(33)18-20-11-14-27(31,32)15-12-20/h4,7-8,20-22,36H,2-3,5-6,9-19,33H2,1H3/t21-,22-,28+/m1/s1. The molecule has 3 atom stereocenters. The summed E-state index contributed by atoms with van der Waals surface area (Å²) in [6.45, 7) is 1.46. The summed E-state index contributed by atoms with van der Waals surface area (Å²) in [6.07, 6.45) is 5.30. The highest BCUT2D eigenvalue weighted by molar-refractivity contribution is 6.30. The van der Waals surface area contributed by atoms with E-state index in [1.165, 1.54) is 6.07 Å². The molecule has 0 radical (unpaired) electrons. The molecule has 0 unspecified atom stereocenters. The van der Waals surface area contributed by atoms with Crippen LogP contribution < -0.4 is 5.73 Å². The SMILES string of the molecule is COCCCC[C@@](O)(c1cccc(Cl)c1F)[C@@H]1CCCN(C(=O)CC[C@@H](N)CC2CCC(F)(F)CC2)C1. The number of halogens is 4. The van der Waals surface area contributed by atoms with Gasteiger partial charge >= 0.3 is 0 Å². The monoisotopic (exact) mass is 546 g/mol. The zero-order chi connectivity index (χ0) is 27.1. The van der Waals surface area contributed by atoms with Crippen molar-refractivity contribution in [3.8, 4) is 0 Å². The largest absolute Gasteiger partial charge is 0.385 e. The van der Waals surface area contributed by atoms with Crippen LogP contribution in [0.25, 0.3) is 0 Å². The van der Waals surface area contributed by atoms with E-state index < -0.39 is 17.3 Å². The van der Waals surface area contributed by atoms with Crippen molar-refractivity contribution < 1.29 is 27.8 Å². The third kappa shape index (κ3) is 8.32. The molecule has 1 aromatic rings. The molecule has 1 aliphatic heterocycles. The average molecular weight is 547 g/mol. The molecule has 1 heterocycles. The number of amides is 1. The van der Waals surface area contributed by atoms with E-state index in [9.17, 15) is 18.7 Å². The maximum Gasteiger partial charge on any atom is 0.248 e. The second kappa shape index (κ2) is 13.6. The van der Waals surface area contributed by atoms with Gasteiger partial charge in [-0.2, -0.15) is 0 Å². The number of methoxy groups -OCH3 is 1. The van der Waals surface area contributed by atoms with Crippen LogP contribution in [0.1, 0.15) is 82.6 Å². The van der Waals surface area contributed by atoms with Crippen LogP contribution in [0, 0.1) is 17.7 Å². The molecule has 1 amide bonds. The number of carbonyl (C=O) groups is 1. The van der Waals surface area contributed by atoms with Gasteiger partial charge in [0.15, 0.2) is 0 Å². The third-order valence-corrected chi connectivity index (χ3v) is 8.52. The van der Waals surface area contributed by atoms with Gasteiger partial charge in [0.1, 0.15) is 5.82 Å². The molecule has 0 bridgehead atoms. The number of hydrogen-bond donors (Lipinski definition) is 2. The molecule has 5 nitrogen and oxygen atoms in total. The van der Waals surface area contributed by atoms with Crippen LogP contribution in [0.15, 0.2) is 18.2 Å². The van der Waals surface area contributed by atoms with Gasteiger partial charge in [0.05, 0.1) is 10.6 Å². The molecule has 2 aliphatic rings. The van der Waals surface area contributed by atoms with Crippen molar-refractivity contribution in [3.05, 3.63) is 34.6 Å². The van der Waals surface area contributed by atoms with Gasteiger partial charge in [-0.05, 0) is 69.8 Å². The second-order valence-corrected chi connectivity index (χ2v) is 11.4. The summed E-state index contributed by atoms with van der Waals surface area (Å²) in [6, 6.07) is 4.48. The van der Waals surface area contributed by atoms with Crippen LogP contribution in [0.3, 0.4) is 0 Å². The van der Waals surface area contributed by atoms with Crippen molar-refractivity contribution >= 4 is 17.5 Å². The van der Waals surface area contributed by atoms with E-state index >= 15 is 4.39 Å². The Morgan fingerprint density at radius 2 is 2.03 bits per heavy atom. The van der Waals surface area contributed by atoms with Gasteiger partial charge in [-0.25, -0.2) is 13.2 Å². The third-order valence-electron chi connectivity index (χ3n) is 8.23. The highest BCUT2D eigenvalue weighted by atomic mass is 35.5. The highest BCUT2D eigenvalue weighted by Gasteiger charge is 2.43. The molecule has 37 heavy (non-hydrogen) atoms. The fourth-order valence-electron chi connectivity index (χ4n) is 5.98. The van der Waals surface area contributed by atoms with Crippen molar-refractivity contribution in [2.75, 3.05) is 26.8 Å². The molecule has 1 saturated heterocycles. The van der Waals surface area contributed by atoms with Gasteiger partial charge in [-0.1, -0.05) is 23.7 Å². The summed E-state index contributed by atoms with van der Waals surface area (Å²) >= 11 is 6.06. The highest BCUT2D eigenvalue weighted by Crippen LogP contribution is 2.42.